The number of hydrogen-bond acceptors (Lipinski definition) is 2. The summed E-state index contributed by atoms with van der Waals surface area (Å²) in [5.41, 5.74) is 4.85. The van der Waals surface area contributed by atoms with Crippen molar-refractivity contribution in [3.8, 4) is 0 Å². The highest BCUT2D eigenvalue weighted by Crippen LogP contribution is 2.25. The van der Waals surface area contributed by atoms with E-state index < -0.39 is 0 Å². The van der Waals surface area contributed by atoms with Crippen molar-refractivity contribution in [1.29, 1.82) is 0 Å². The first-order chi connectivity index (χ1) is 9.51. The number of halogens is 3. The lowest BCUT2D eigenvalue weighted by Gasteiger charge is -2.18. The molecule has 0 fully saturated rings. The Morgan fingerprint density at radius 2 is 1.95 bits per heavy atom. The molecular weight excluding hydrogens is 326 g/mol. The van der Waals surface area contributed by atoms with E-state index in [0.29, 0.717) is 16.5 Å². The van der Waals surface area contributed by atoms with Crippen molar-refractivity contribution in [2.75, 3.05) is 0 Å². The fraction of sp³-hybridized carbons (Fsp3) is 0.200. The zero-order valence-corrected chi connectivity index (χ0v) is 12.5. The molecule has 2 nitrogen and oxygen atoms in total. The van der Waals surface area contributed by atoms with E-state index in [2.05, 4.69) is 21.4 Å². The normalized spacial score (nSPS) is 12.4. The highest BCUT2D eigenvalue weighted by Gasteiger charge is 2.16. The molecule has 2 rings (SSSR count). The number of hydrazine groups is 1. The molecule has 0 aliphatic carbocycles. The molecule has 0 heterocycles. The molecule has 3 N–H and O–H groups in total. The number of aryl methyl sites for hydroxylation is 1. The minimum atomic E-state index is -0.368. The minimum absolute atomic E-state index is 0.279. The van der Waals surface area contributed by atoms with Crippen LogP contribution in [0.4, 0.5) is 8.78 Å². The third kappa shape index (κ3) is 3.42. The van der Waals surface area contributed by atoms with E-state index in [1.165, 1.54) is 18.2 Å². The van der Waals surface area contributed by atoms with E-state index in [-0.39, 0.29) is 17.7 Å². The summed E-state index contributed by atoms with van der Waals surface area (Å²) in [6, 6.07) is 9.04. The Balaban J connectivity index is 2.28. The molecule has 1 unspecified atom stereocenters. The standard InChI is InChI=1S/C15H15BrF2N2/c1-9-6-12(17)4-2-10(9)7-15(20-19)13-5-3-11(16)8-14(13)18/h2-6,8,15,20H,7,19H2,1H3. The molecule has 0 aliphatic rings. The molecule has 0 aromatic heterocycles. The van der Waals surface area contributed by atoms with Crippen molar-refractivity contribution in [3.05, 3.63) is 69.2 Å². The monoisotopic (exact) mass is 340 g/mol. The predicted molar refractivity (Wildman–Crippen MR) is 79.0 cm³/mol. The molecule has 0 amide bonds. The van der Waals surface area contributed by atoms with Gasteiger partial charge in [0.2, 0.25) is 0 Å². The number of benzene rings is 2. The molecular formula is C15H15BrF2N2. The van der Waals surface area contributed by atoms with Gasteiger partial charge in [-0.2, -0.15) is 0 Å². The highest BCUT2D eigenvalue weighted by molar-refractivity contribution is 9.10. The fourth-order valence-corrected chi connectivity index (χ4v) is 2.48. The van der Waals surface area contributed by atoms with Crippen LogP contribution < -0.4 is 11.3 Å². The lowest BCUT2D eigenvalue weighted by molar-refractivity contribution is 0.509. The molecule has 20 heavy (non-hydrogen) atoms. The van der Waals surface area contributed by atoms with Gasteiger partial charge in [-0.15, -0.1) is 0 Å². The number of hydrogen-bond donors (Lipinski definition) is 2. The van der Waals surface area contributed by atoms with Crippen molar-refractivity contribution < 1.29 is 8.78 Å². The molecule has 0 saturated heterocycles. The molecule has 0 saturated carbocycles. The SMILES string of the molecule is Cc1cc(F)ccc1CC(NN)c1ccc(Br)cc1F. The zero-order valence-electron chi connectivity index (χ0n) is 11.0. The molecule has 2 aromatic carbocycles. The van der Waals surface area contributed by atoms with Crippen LogP contribution >= 0.6 is 15.9 Å². The molecule has 106 valence electrons. The largest absolute Gasteiger partial charge is 0.271 e. The third-order valence-electron chi connectivity index (χ3n) is 3.27. The van der Waals surface area contributed by atoms with Gasteiger partial charge in [0, 0.05) is 10.0 Å². The van der Waals surface area contributed by atoms with E-state index in [4.69, 9.17) is 5.84 Å². The van der Waals surface area contributed by atoms with Crippen molar-refractivity contribution in [1.82, 2.24) is 5.43 Å². The Morgan fingerprint density at radius 3 is 2.55 bits per heavy atom. The van der Waals surface area contributed by atoms with Gasteiger partial charge in [0.1, 0.15) is 11.6 Å². The van der Waals surface area contributed by atoms with Gasteiger partial charge in [-0.1, -0.05) is 28.1 Å². The van der Waals surface area contributed by atoms with Crippen LogP contribution in [0.1, 0.15) is 22.7 Å². The van der Waals surface area contributed by atoms with Gasteiger partial charge >= 0.3 is 0 Å². The summed E-state index contributed by atoms with van der Waals surface area (Å²) in [5, 5.41) is 0. The van der Waals surface area contributed by atoms with Crippen molar-refractivity contribution in [2.24, 2.45) is 5.84 Å². The van der Waals surface area contributed by atoms with Crippen molar-refractivity contribution in [2.45, 2.75) is 19.4 Å². The van der Waals surface area contributed by atoms with Crippen molar-refractivity contribution >= 4 is 15.9 Å². The van der Waals surface area contributed by atoms with Gasteiger partial charge < -0.3 is 0 Å². The Hall–Kier alpha value is -1.30. The molecule has 0 spiro atoms. The van der Waals surface area contributed by atoms with E-state index in [0.717, 1.165) is 11.1 Å². The molecule has 1 atom stereocenters. The summed E-state index contributed by atoms with van der Waals surface area (Å²) in [6.07, 6.45) is 0.487. The number of nitrogens with two attached hydrogens (primary N) is 1. The Labute approximate surface area is 125 Å². The predicted octanol–water partition coefficient (Wildman–Crippen LogP) is 3.78. The second kappa shape index (κ2) is 6.43. The summed E-state index contributed by atoms with van der Waals surface area (Å²) in [6.45, 7) is 1.82. The van der Waals surface area contributed by atoms with Crippen LogP contribution in [-0.4, -0.2) is 0 Å². The van der Waals surface area contributed by atoms with Crippen LogP contribution in [0.2, 0.25) is 0 Å². The van der Waals surface area contributed by atoms with Gasteiger partial charge in [-0.25, -0.2) is 8.78 Å². The van der Waals surface area contributed by atoms with E-state index in [1.54, 1.807) is 18.2 Å². The quantitative estimate of drug-likeness (QED) is 0.656. The van der Waals surface area contributed by atoms with E-state index in [9.17, 15) is 8.78 Å². The van der Waals surface area contributed by atoms with Gasteiger partial charge in [0.25, 0.3) is 0 Å². The lowest BCUT2D eigenvalue weighted by Crippen LogP contribution is -2.30. The number of nitrogens with one attached hydrogen (secondary N) is 1. The highest BCUT2D eigenvalue weighted by atomic mass is 79.9. The fourth-order valence-electron chi connectivity index (χ4n) is 2.15. The van der Waals surface area contributed by atoms with Gasteiger partial charge in [-0.3, -0.25) is 11.3 Å². The van der Waals surface area contributed by atoms with Crippen molar-refractivity contribution in [3.63, 3.8) is 0 Å². The average Bonchev–Trinajstić information content (AvgIpc) is 2.39. The van der Waals surface area contributed by atoms with E-state index in [1.807, 2.05) is 6.92 Å². The maximum Gasteiger partial charge on any atom is 0.129 e. The second-order valence-corrected chi connectivity index (χ2v) is 5.58. The Kier molecular flexibility index (Phi) is 4.86. The molecule has 2 aromatic rings. The molecule has 5 heteroatoms. The Morgan fingerprint density at radius 1 is 1.20 bits per heavy atom. The minimum Gasteiger partial charge on any atom is -0.271 e. The summed E-state index contributed by atoms with van der Waals surface area (Å²) < 4.78 is 27.7. The van der Waals surface area contributed by atoms with Crippen LogP contribution in [0.5, 0.6) is 0 Å². The zero-order chi connectivity index (χ0) is 14.7. The maximum absolute atomic E-state index is 14.0. The van der Waals surface area contributed by atoms with Gasteiger partial charge in [0.05, 0.1) is 6.04 Å². The molecule has 0 radical (unpaired) electrons. The lowest BCUT2D eigenvalue weighted by atomic mass is 9.96. The smallest absolute Gasteiger partial charge is 0.129 e. The van der Waals surface area contributed by atoms with Crippen LogP contribution in [0.15, 0.2) is 40.9 Å². The van der Waals surface area contributed by atoms with Crippen LogP contribution in [0, 0.1) is 18.6 Å². The first-order valence-electron chi connectivity index (χ1n) is 6.17. The second-order valence-electron chi connectivity index (χ2n) is 4.66. The summed E-state index contributed by atoms with van der Waals surface area (Å²) in [5.74, 6) is 4.93. The van der Waals surface area contributed by atoms with Crippen LogP contribution in [-0.2, 0) is 6.42 Å². The summed E-state index contributed by atoms with van der Waals surface area (Å²) in [4.78, 5) is 0. The van der Waals surface area contributed by atoms with E-state index >= 15 is 0 Å². The first kappa shape index (κ1) is 15.1. The number of rotatable bonds is 4. The third-order valence-corrected chi connectivity index (χ3v) is 3.76. The van der Waals surface area contributed by atoms with Crippen LogP contribution in [0.25, 0.3) is 0 Å². The topological polar surface area (TPSA) is 38.0 Å². The Bertz CT molecular complexity index is 617. The van der Waals surface area contributed by atoms with Gasteiger partial charge in [0.15, 0.2) is 0 Å². The summed E-state index contributed by atoms with van der Waals surface area (Å²) in [7, 11) is 0. The van der Waals surface area contributed by atoms with Gasteiger partial charge in [-0.05, 0) is 48.7 Å². The summed E-state index contributed by atoms with van der Waals surface area (Å²) >= 11 is 3.22. The van der Waals surface area contributed by atoms with Crippen LogP contribution in [0.3, 0.4) is 0 Å². The molecule has 0 bridgehead atoms. The maximum atomic E-state index is 14.0. The first-order valence-corrected chi connectivity index (χ1v) is 6.96. The average molecular weight is 341 g/mol. The molecule has 0 aliphatic heterocycles.